The molecular formula is C19H25F2N3O2. The molecule has 1 N–H and O–H groups in total. The molecule has 0 saturated carbocycles. The van der Waals surface area contributed by atoms with E-state index in [0.29, 0.717) is 32.0 Å². The van der Waals surface area contributed by atoms with Gasteiger partial charge in [-0.25, -0.2) is 8.78 Å². The largest absolute Gasteiger partial charge is 0.341 e. The van der Waals surface area contributed by atoms with Crippen LogP contribution in [-0.2, 0) is 4.79 Å². The van der Waals surface area contributed by atoms with Gasteiger partial charge < -0.3 is 15.1 Å². The van der Waals surface area contributed by atoms with E-state index in [4.69, 9.17) is 0 Å². The van der Waals surface area contributed by atoms with Crippen molar-refractivity contribution in [3.63, 3.8) is 0 Å². The molecule has 0 aliphatic carbocycles. The first kappa shape index (κ1) is 18.8. The Morgan fingerprint density at radius 2 is 1.81 bits per heavy atom. The summed E-state index contributed by atoms with van der Waals surface area (Å²) in [5, 5.41) is 3.23. The Balaban J connectivity index is 1.56. The van der Waals surface area contributed by atoms with Gasteiger partial charge in [0.1, 0.15) is 11.6 Å². The smallest absolute Gasteiger partial charge is 0.256 e. The molecule has 2 aliphatic rings. The van der Waals surface area contributed by atoms with Crippen LogP contribution < -0.4 is 5.32 Å². The van der Waals surface area contributed by atoms with E-state index in [1.54, 1.807) is 4.90 Å². The second-order valence-corrected chi connectivity index (χ2v) is 7.10. The SMILES string of the molecule is CNC1CCCN(C(=O)C2CCN(C(=O)c3ccc(F)cc3F)CC2)C1. The second-order valence-electron chi connectivity index (χ2n) is 7.10. The Kier molecular flexibility index (Phi) is 5.86. The maximum Gasteiger partial charge on any atom is 0.256 e. The number of rotatable bonds is 3. The predicted molar refractivity (Wildman–Crippen MR) is 93.6 cm³/mol. The summed E-state index contributed by atoms with van der Waals surface area (Å²) in [5.41, 5.74) is -0.121. The van der Waals surface area contributed by atoms with E-state index in [1.807, 2.05) is 11.9 Å². The number of amides is 2. The number of piperidine rings is 2. The molecule has 142 valence electrons. The fraction of sp³-hybridized carbons (Fsp3) is 0.579. The second kappa shape index (κ2) is 8.12. The lowest BCUT2D eigenvalue weighted by Crippen LogP contribution is -2.50. The molecule has 26 heavy (non-hydrogen) atoms. The maximum atomic E-state index is 13.8. The van der Waals surface area contributed by atoms with Crippen molar-refractivity contribution in [3.8, 4) is 0 Å². The summed E-state index contributed by atoms with van der Waals surface area (Å²) in [6, 6.07) is 3.32. The molecule has 1 unspecified atom stereocenters. The number of nitrogens with zero attached hydrogens (tertiary/aromatic N) is 2. The fourth-order valence-corrected chi connectivity index (χ4v) is 3.83. The van der Waals surface area contributed by atoms with Crippen molar-refractivity contribution in [2.24, 2.45) is 5.92 Å². The van der Waals surface area contributed by atoms with E-state index in [1.165, 1.54) is 6.07 Å². The first-order valence-electron chi connectivity index (χ1n) is 9.20. The average molecular weight is 365 g/mol. The molecule has 1 atom stereocenters. The molecule has 0 aromatic heterocycles. The van der Waals surface area contributed by atoms with E-state index < -0.39 is 17.5 Å². The molecule has 7 heteroatoms. The van der Waals surface area contributed by atoms with Gasteiger partial charge in [-0.2, -0.15) is 0 Å². The number of hydrogen-bond acceptors (Lipinski definition) is 3. The molecule has 2 amide bonds. The summed E-state index contributed by atoms with van der Waals surface area (Å²) in [4.78, 5) is 28.7. The predicted octanol–water partition coefficient (Wildman–Crippen LogP) is 2.03. The number of likely N-dealkylation sites (tertiary alicyclic amines) is 2. The van der Waals surface area contributed by atoms with E-state index >= 15 is 0 Å². The minimum absolute atomic E-state index is 0.0901. The molecule has 2 heterocycles. The van der Waals surface area contributed by atoms with Gasteiger partial charge in [-0.15, -0.1) is 0 Å². The van der Waals surface area contributed by atoms with Gasteiger partial charge in [0.05, 0.1) is 5.56 Å². The Hall–Kier alpha value is -2.02. The monoisotopic (exact) mass is 365 g/mol. The number of hydrogen-bond donors (Lipinski definition) is 1. The van der Waals surface area contributed by atoms with Gasteiger partial charge in [-0.1, -0.05) is 0 Å². The molecule has 2 fully saturated rings. The topological polar surface area (TPSA) is 52.7 Å². The van der Waals surface area contributed by atoms with Crippen molar-refractivity contribution >= 4 is 11.8 Å². The molecule has 1 aromatic carbocycles. The van der Waals surface area contributed by atoms with Crippen LogP contribution in [-0.4, -0.2) is 60.9 Å². The quantitative estimate of drug-likeness (QED) is 0.892. The van der Waals surface area contributed by atoms with Gasteiger partial charge in [0.15, 0.2) is 0 Å². The summed E-state index contributed by atoms with van der Waals surface area (Å²) < 4.78 is 26.8. The Labute approximate surface area is 152 Å². The molecule has 1 aromatic rings. The van der Waals surface area contributed by atoms with Crippen molar-refractivity contribution in [2.75, 3.05) is 33.2 Å². The Bertz CT molecular complexity index is 675. The summed E-state index contributed by atoms with van der Waals surface area (Å²) in [6.45, 7) is 2.34. The Morgan fingerprint density at radius 3 is 2.46 bits per heavy atom. The lowest BCUT2D eigenvalue weighted by molar-refractivity contribution is -0.138. The molecule has 0 spiro atoms. The molecule has 5 nitrogen and oxygen atoms in total. The number of halogens is 2. The maximum absolute atomic E-state index is 13.8. The fourth-order valence-electron chi connectivity index (χ4n) is 3.83. The van der Waals surface area contributed by atoms with Gasteiger partial charge in [-0.05, 0) is 44.9 Å². The van der Waals surface area contributed by atoms with Crippen molar-refractivity contribution in [1.82, 2.24) is 15.1 Å². The average Bonchev–Trinajstić information content (AvgIpc) is 2.67. The first-order valence-corrected chi connectivity index (χ1v) is 9.20. The zero-order valence-corrected chi connectivity index (χ0v) is 15.0. The van der Waals surface area contributed by atoms with Gasteiger partial charge in [0.2, 0.25) is 5.91 Å². The lowest BCUT2D eigenvalue weighted by atomic mass is 9.93. The highest BCUT2D eigenvalue weighted by atomic mass is 19.1. The zero-order chi connectivity index (χ0) is 18.7. The van der Waals surface area contributed by atoms with Crippen molar-refractivity contribution in [2.45, 2.75) is 31.7 Å². The molecule has 0 radical (unpaired) electrons. The molecular weight excluding hydrogens is 340 g/mol. The highest BCUT2D eigenvalue weighted by Gasteiger charge is 2.32. The number of benzene rings is 1. The van der Waals surface area contributed by atoms with Crippen LogP contribution in [0.5, 0.6) is 0 Å². The third-order valence-corrected chi connectivity index (χ3v) is 5.43. The van der Waals surface area contributed by atoms with Gasteiger partial charge in [0, 0.05) is 44.2 Å². The molecule has 3 rings (SSSR count). The van der Waals surface area contributed by atoms with Gasteiger partial charge in [0.25, 0.3) is 5.91 Å². The number of nitrogens with one attached hydrogen (secondary N) is 1. The van der Waals surface area contributed by atoms with Crippen LogP contribution in [0, 0.1) is 17.6 Å². The van der Waals surface area contributed by atoms with E-state index in [0.717, 1.165) is 38.1 Å². The highest BCUT2D eigenvalue weighted by Crippen LogP contribution is 2.24. The number of carbonyl (C=O) groups is 2. The first-order chi connectivity index (χ1) is 12.5. The van der Waals surface area contributed by atoms with Crippen LogP contribution in [0.1, 0.15) is 36.0 Å². The van der Waals surface area contributed by atoms with Crippen LogP contribution in [0.15, 0.2) is 18.2 Å². The zero-order valence-electron chi connectivity index (χ0n) is 15.0. The van der Waals surface area contributed by atoms with Crippen molar-refractivity contribution in [3.05, 3.63) is 35.4 Å². The minimum atomic E-state index is -0.848. The standard InChI is InChI=1S/C19H25F2N3O2/c1-22-15-3-2-8-24(12-15)18(25)13-6-9-23(10-7-13)19(26)16-5-4-14(20)11-17(16)21/h4-5,11,13,15,22H,2-3,6-10,12H2,1H3. The third kappa shape index (κ3) is 4.03. The molecule has 2 aliphatic heterocycles. The van der Waals surface area contributed by atoms with Crippen LogP contribution >= 0.6 is 0 Å². The van der Waals surface area contributed by atoms with Crippen LogP contribution in [0.4, 0.5) is 8.78 Å². The van der Waals surface area contributed by atoms with Gasteiger partial charge >= 0.3 is 0 Å². The summed E-state index contributed by atoms with van der Waals surface area (Å²) >= 11 is 0. The molecule has 2 saturated heterocycles. The third-order valence-electron chi connectivity index (χ3n) is 5.43. The normalized spacial score (nSPS) is 21.7. The summed E-state index contributed by atoms with van der Waals surface area (Å²) in [6.07, 6.45) is 3.23. The van der Waals surface area contributed by atoms with Crippen molar-refractivity contribution < 1.29 is 18.4 Å². The molecule has 0 bridgehead atoms. The van der Waals surface area contributed by atoms with E-state index in [-0.39, 0.29) is 17.4 Å². The Morgan fingerprint density at radius 1 is 1.08 bits per heavy atom. The number of likely N-dealkylation sites (N-methyl/N-ethyl adjacent to an activating group) is 1. The number of carbonyl (C=O) groups excluding carboxylic acids is 2. The van der Waals surface area contributed by atoms with Crippen LogP contribution in [0.25, 0.3) is 0 Å². The highest BCUT2D eigenvalue weighted by molar-refractivity contribution is 5.94. The van der Waals surface area contributed by atoms with Crippen LogP contribution in [0.2, 0.25) is 0 Å². The summed E-state index contributed by atoms with van der Waals surface area (Å²) in [5.74, 6) is -1.93. The lowest BCUT2D eigenvalue weighted by Gasteiger charge is -2.37. The van der Waals surface area contributed by atoms with Crippen LogP contribution in [0.3, 0.4) is 0 Å². The van der Waals surface area contributed by atoms with Gasteiger partial charge in [-0.3, -0.25) is 9.59 Å². The van der Waals surface area contributed by atoms with Crippen molar-refractivity contribution in [1.29, 1.82) is 0 Å². The summed E-state index contributed by atoms with van der Waals surface area (Å²) in [7, 11) is 1.91. The van der Waals surface area contributed by atoms with E-state index in [9.17, 15) is 18.4 Å². The van der Waals surface area contributed by atoms with E-state index in [2.05, 4.69) is 5.32 Å². The minimum Gasteiger partial charge on any atom is -0.341 e.